The predicted molar refractivity (Wildman–Crippen MR) is 88.9 cm³/mol. The summed E-state index contributed by atoms with van der Waals surface area (Å²) in [7, 11) is 0. The molecular weight excluding hydrogens is 290 g/mol. The van der Waals surface area contributed by atoms with E-state index in [0.717, 1.165) is 21.9 Å². The zero-order valence-corrected chi connectivity index (χ0v) is 12.1. The molecule has 0 radical (unpaired) electrons. The van der Waals surface area contributed by atoms with Crippen molar-refractivity contribution in [2.24, 2.45) is 5.73 Å². The van der Waals surface area contributed by atoms with Crippen molar-refractivity contribution in [2.45, 2.75) is 0 Å². The Morgan fingerprint density at radius 1 is 1.17 bits per heavy atom. The largest absolute Gasteiger partial charge is 0.396 e. The van der Waals surface area contributed by atoms with Gasteiger partial charge in [0.2, 0.25) is 0 Å². The van der Waals surface area contributed by atoms with E-state index in [9.17, 15) is 4.79 Å². The van der Waals surface area contributed by atoms with Crippen LogP contribution in [0.15, 0.2) is 55.1 Å². The summed E-state index contributed by atoms with van der Waals surface area (Å²) >= 11 is 0. The summed E-state index contributed by atoms with van der Waals surface area (Å²) in [4.78, 5) is 15.5. The van der Waals surface area contributed by atoms with Gasteiger partial charge >= 0.3 is 0 Å². The molecule has 0 aliphatic heterocycles. The number of anilines is 1. The van der Waals surface area contributed by atoms with Crippen LogP contribution in [0.4, 0.5) is 5.69 Å². The molecule has 0 unspecified atom stereocenters. The Balaban J connectivity index is 1.99. The zero-order chi connectivity index (χ0) is 16.0. The van der Waals surface area contributed by atoms with Crippen LogP contribution in [0.2, 0.25) is 0 Å². The van der Waals surface area contributed by atoms with Gasteiger partial charge in [-0.2, -0.15) is 5.10 Å². The molecular formula is C17H13N5O. The number of pyridine rings is 1. The number of carbonyl (C=O) groups excluding carboxylic acids is 1. The van der Waals surface area contributed by atoms with Crippen LogP contribution >= 0.6 is 0 Å². The summed E-state index contributed by atoms with van der Waals surface area (Å²) in [5.74, 6) is -0.587. The lowest BCUT2D eigenvalue weighted by atomic mass is 10.0. The Bertz CT molecular complexity index is 1060. The SMILES string of the molecule is NC(=O)c1cnn2cc(-c3cccc4cnccc34)cc2c1N. The van der Waals surface area contributed by atoms with E-state index in [1.54, 1.807) is 10.7 Å². The molecule has 0 bridgehead atoms. The molecule has 112 valence electrons. The van der Waals surface area contributed by atoms with E-state index in [0.29, 0.717) is 11.2 Å². The number of aromatic nitrogens is 3. The fourth-order valence-corrected chi connectivity index (χ4v) is 2.79. The highest BCUT2D eigenvalue weighted by Crippen LogP contribution is 2.31. The average Bonchev–Trinajstić information content (AvgIpc) is 2.99. The highest BCUT2D eigenvalue weighted by Gasteiger charge is 2.13. The third kappa shape index (κ3) is 2.00. The summed E-state index contributed by atoms with van der Waals surface area (Å²) in [5.41, 5.74) is 14.6. The lowest BCUT2D eigenvalue weighted by Gasteiger charge is -2.03. The van der Waals surface area contributed by atoms with Gasteiger partial charge in [0.1, 0.15) is 0 Å². The van der Waals surface area contributed by atoms with Crippen LogP contribution in [-0.4, -0.2) is 20.5 Å². The predicted octanol–water partition coefficient (Wildman–Crippen LogP) is 2.23. The summed E-state index contributed by atoms with van der Waals surface area (Å²) in [6, 6.07) is 9.90. The lowest BCUT2D eigenvalue weighted by Crippen LogP contribution is -2.15. The number of fused-ring (bicyclic) bond motifs is 2. The number of rotatable bonds is 2. The highest BCUT2D eigenvalue weighted by molar-refractivity contribution is 6.02. The number of hydrogen-bond acceptors (Lipinski definition) is 4. The van der Waals surface area contributed by atoms with Crippen molar-refractivity contribution >= 4 is 27.9 Å². The first-order chi connectivity index (χ1) is 11.1. The maximum Gasteiger partial charge on any atom is 0.252 e. The molecule has 3 aromatic heterocycles. The van der Waals surface area contributed by atoms with Crippen molar-refractivity contribution in [3.05, 3.63) is 60.7 Å². The molecule has 6 nitrogen and oxygen atoms in total. The van der Waals surface area contributed by atoms with E-state index >= 15 is 0 Å². The van der Waals surface area contributed by atoms with Crippen molar-refractivity contribution in [3.63, 3.8) is 0 Å². The number of nitrogens with two attached hydrogens (primary N) is 2. The van der Waals surface area contributed by atoms with Crippen molar-refractivity contribution < 1.29 is 4.79 Å². The maximum atomic E-state index is 11.4. The van der Waals surface area contributed by atoms with Gasteiger partial charge in [0.25, 0.3) is 5.91 Å². The van der Waals surface area contributed by atoms with Gasteiger partial charge in [0.15, 0.2) is 0 Å². The fraction of sp³-hybridized carbons (Fsp3) is 0. The van der Waals surface area contributed by atoms with Crippen LogP contribution in [0.1, 0.15) is 10.4 Å². The van der Waals surface area contributed by atoms with Gasteiger partial charge in [-0.3, -0.25) is 9.78 Å². The first kappa shape index (κ1) is 13.3. The zero-order valence-electron chi connectivity index (χ0n) is 12.1. The molecule has 0 saturated heterocycles. The van der Waals surface area contributed by atoms with E-state index in [-0.39, 0.29) is 5.56 Å². The average molecular weight is 303 g/mol. The number of hydrogen-bond donors (Lipinski definition) is 2. The Morgan fingerprint density at radius 2 is 2.04 bits per heavy atom. The van der Waals surface area contributed by atoms with Crippen LogP contribution in [0.5, 0.6) is 0 Å². The minimum Gasteiger partial charge on any atom is -0.396 e. The normalized spacial score (nSPS) is 11.1. The van der Waals surface area contributed by atoms with Crippen LogP contribution in [0, 0.1) is 0 Å². The van der Waals surface area contributed by atoms with Crippen molar-refractivity contribution in [1.29, 1.82) is 0 Å². The molecule has 4 N–H and O–H groups in total. The topological polar surface area (TPSA) is 99.3 Å². The van der Waals surface area contributed by atoms with Crippen LogP contribution < -0.4 is 11.5 Å². The third-order valence-electron chi connectivity index (χ3n) is 3.93. The molecule has 0 atom stereocenters. The summed E-state index contributed by atoms with van der Waals surface area (Å²) in [6.45, 7) is 0. The van der Waals surface area contributed by atoms with Gasteiger partial charge in [-0.15, -0.1) is 0 Å². The molecule has 0 saturated carbocycles. The maximum absolute atomic E-state index is 11.4. The van der Waals surface area contributed by atoms with Gasteiger partial charge in [-0.1, -0.05) is 18.2 Å². The standard InChI is InChI=1S/C17H13N5O/c18-16-14(17(19)23)8-21-22-9-11(6-15(16)22)12-3-1-2-10-7-20-5-4-13(10)12/h1-9H,18H2,(H2,19,23). The second kappa shape index (κ2) is 4.81. The highest BCUT2D eigenvalue weighted by atomic mass is 16.1. The van der Waals surface area contributed by atoms with E-state index in [1.807, 2.05) is 42.7 Å². The molecule has 1 aromatic carbocycles. The van der Waals surface area contributed by atoms with Crippen molar-refractivity contribution in [3.8, 4) is 11.1 Å². The van der Waals surface area contributed by atoms with Crippen LogP contribution in [0.25, 0.3) is 27.4 Å². The molecule has 3 heterocycles. The number of nitrogen functional groups attached to an aromatic ring is 1. The van der Waals surface area contributed by atoms with Gasteiger partial charge in [-0.25, -0.2) is 4.52 Å². The quantitative estimate of drug-likeness (QED) is 0.593. The second-order valence-corrected chi connectivity index (χ2v) is 5.30. The Morgan fingerprint density at radius 3 is 2.87 bits per heavy atom. The second-order valence-electron chi connectivity index (χ2n) is 5.30. The van der Waals surface area contributed by atoms with E-state index in [4.69, 9.17) is 11.5 Å². The minimum atomic E-state index is -0.587. The molecule has 6 heteroatoms. The lowest BCUT2D eigenvalue weighted by molar-refractivity contribution is 0.100. The van der Waals surface area contributed by atoms with Crippen LogP contribution in [0.3, 0.4) is 0 Å². The number of amides is 1. The Labute approximate surface area is 131 Å². The van der Waals surface area contributed by atoms with E-state index < -0.39 is 5.91 Å². The summed E-state index contributed by atoms with van der Waals surface area (Å²) in [6.07, 6.45) is 6.86. The van der Waals surface area contributed by atoms with Gasteiger partial charge in [-0.05, 0) is 23.1 Å². The van der Waals surface area contributed by atoms with Crippen molar-refractivity contribution in [2.75, 3.05) is 5.73 Å². The fourth-order valence-electron chi connectivity index (χ4n) is 2.79. The molecule has 0 aliphatic carbocycles. The smallest absolute Gasteiger partial charge is 0.252 e. The molecule has 4 aromatic rings. The number of primary amides is 1. The molecule has 0 spiro atoms. The monoisotopic (exact) mass is 303 g/mol. The van der Waals surface area contributed by atoms with Crippen LogP contribution in [-0.2, 0) is 0 Å². The number of carbonyl (C=O) groups is 1. The Kier molecular flexibility index (Phi) is 2.77. The first-order valence-corrected chi connectivity index (χ1v) is 7.05. The minimum absolute atomic E-state index is 0.226. The molecule has 0 aliphatic rings. The summed E-state index contributed by atoms with van der Waals surface area (Å²) in [5, 5.41) is 6.36. The summed E-state index contributed by atoms with van der Waals surface area (Å²) < 4.78 is 1.65. The Hall–Kier alpha value is -3.41. The van der Waals surface area contributed by atoms with Gasteiger partial charge in [0, 0.05) is 29.5 Å². The molecule has 0 fully saturated rings. The molecule has 23 heavy (non-hydrogen) atoms. The number of benzene rings is 1. The van der Waals surface area contributed by atoms with Gasteiger partial charge in [0.05, 0.1) is 23.0 Å². The van der Waals surface area contributed by atoms with Gasteiger partial charge < -0.3 is 11.5 Å². The van der Waals surface area contributed by atoms with E-state index in [2.05, 4.69) is 10.1 Å². The van der Waals surface area contributed by atoms with Crippen molar-refractivity contribution in [1.82, 2.24) is 14.6 Å². The van der Waals surface area contributed by atoms with E-state index in [1.165, 1.54) is 6.20 Å². The first-order valence-electron chi connectivity index (χ1n) is 7.05. The molecule has 1 amide bonds. The third-order valence-corrected chi connectivity index (χ3v) is 3.93. The molecule has 4 rings (SSSR count). The number of nitrogens with zero attached hydrogens (tertiary/aromatic N) is 3.